The van der Waals surface area contributed by atoms with Crippen LogP contribution in [0.2, 0.25) is 0 Å². The molecule has 0 fully saturated rings. The minimum Gasteiger partial charge on any atom is -0.307 e. The lowest BCUT2D eigenvalue weighted by molar-refractivity contribution is 0.388. The zero-order chi connectivity index (χ0) is 11.4. The topological polar surface area (TPSA) is 12.0 Å². The molecule has 15 heavy (non-hydrogen) atoms. The molecular formula is C13H20BrN. The molecule has 1 aromatic carbocycles. The Morgan fingerprint density at radius 1 is 1.07 bits per heavy atom. The van der Waals surface area contributed by atoms with Crippen molar-refractivity contribution >= 4 is 15.9 Å². The van der Waals surface area contributed by atoms with Crippen LogP contribution in [0.5, 0.6) is 0 Å². The molecule has 0 saturated heterocycles. The van der Waals surface area contributed by atoms with Crippen molar-refractivity contribution in [3.05, 3.63) is 34.3 Å². The fourth-order valence-electron chi connectivity index (χ4n) is 1.50. The third-order valence-corrected chi connectivity index (χ3v) is 3.61. The number of nitrogens with one attached hydrogen (secondary N) is 1. The maximum absolute atomic E-state index is 3.61. The SMILES string of the molecule is CC(C)C(C)N[C@@H](C)c1ccccc1Br. The van der Waals surface area contributed by atoms with Crippen molar-refractivity contribution in [3.8, 4) is 0 Å². The molecule has 0 radical (unpaired) electrons. The second-order valence-electron chi connectivity index (χ2n) is 4.44. The van der Waals surface area contributed by atoms with E-state index in [0.29, 0.717) is 18.0 Å². The van der Waals surface area contributed by atoms with E-state index < -0.39 is 0 Å². The average Bonchev–Trinajstić information content (AvgIpc) is 2.18. The second-order valence-corrected chi connectivity index (χ2v) is 5.30. The number of benzene rings is 1. The number of rotatable bonds is 4. The highest BCUT2D eigenvalue weighted by Gasteiger charge is 2.13. The van der Waals surface area contributed by atoms with Crippen molar-refractivity contribution in [2.24, 2.45) is 5.92 Å². The minimum absolute atomic E-state index is 0.387. The van der Waals surface area contributed by atoms with Gasteiger partial charge in [0.25, 0.3) is 0 Å². The zero-order valence-electron chi connectivity index (χ0n) is 9.92. The van der Waals surface area contributed by atoms with E-state index in [4.69, 9.17) is 0 Å². The quantitative estimate of drug-likeness (QED) is 0.866. The molecule has 1 N–H and O–H groups in total. The van der Waals surface area contributed by atoms with Crippen molar-refractivity contribution in [2.45, 2.75) is 39.8 Å². The van der Waals surface area contributed by atoms with Crippen molar-refractivity contribution in [3.63, 3.8) is 0 Å². The lowest BCUT2D eigenvalue weighted by Gasteiger charge is -2.23. The smallest absolute Gasteiger partial charge is 0.0305 e. The Morgan fingerprint density at radius 2 is 1.67 bits per heavy atom. The lowest BCUT2D eigenvalue weighted by Crippen LogP contribution is -2.33. The van der Waals surface area contributed by atoms with Crippen LogP contribution >= 0.6 is 15.9 Å². The maximum atomic E-state index is 3.61. The van der Waals surface area contributed by atoms with Gasteiger partial charge in [0.15, 0.2) is 0 Å². The molecule has 1 rings (SSSR count). The zero-order valence-corrected chi connectivity index (χ0v) is 11.5. The molecule has 1 aromatic rings. The first-order chi connectivity index (χ1) is 7.02. The first-order valence-electron chi connectivity index (χ1n) is 5.53. The van der Waals surface area contributed by atoms with Crippen LogP contribution in [0.1, 0.15) is 39.3 Å². The van der Waals surface area contributed by atoms with E-state index in [1.54, 1.807) is 0 Å². The molecule has 0 amide bonds. The highest BCUT2D eigenvalue weighted by Crippen LogP contribution is 2.23. The molecule has 2 heteroatoms. The predicted octanol–water partition coefficient (Wildman–Crippen LogP) is 4.14. The van der Waals surface area contributed by atoms with Gasteiger partial charge in [-0.3, -0.25) is 0 Å². The van der Waals surface area contributed by atoms with Gasteiger partial charge in [-0.2, -0.15) is 0 Å². The Hall–Kier alpha value is -0.340. The van der Waals surface area contributed by atoms with E-state index in [2.05, 4.69) is 67.1 Å². The van der Waals surface area contributed by atoms with E-state index >= 15 is 0 Å². The van der Waals surface area contributed by atoms with Crippen LogP contribution in [0, 0.1) is 5.92 Å². The summed E-state index contributed by atoms with van der Waals surface area (Å²) in [7, 11) is 0. The molecule has 0 heterocycles. The summed E-state index contributed by atoms with van der Waals surface area (Å²) in [5.74, 6) is 0.662. The standard InChI is InChI=1S/C13H20BrN/c1-9(2)10(3)15-11(4)12-7-5-6-8-13(12)14/h5-11,15H,1-4H3/t10?,11-/m0/s1. The van der Waals surface area contributed by atoms with Crippen LogP contribution in [-0.2, 0) is 0 Å². The molecule has 0 aromatic heterocycles. The first kappa shape index (κ1) is 12.7. The van der Waals surface area contributed by atoms with Gasteiger partial charge in [-0.1, -0.05) is 48.0 Å². The molecule has 1 unspecified atom stereocenters. The second kappa shape index (κ2) is 5.66. The van der Waals surface area contributed by atoms with Gasteiger partial charge >= 0.3 is 0 Å². The van der Waals surface area contributed by atoms with Crippen molar-refractivity contribution in [2.75, 3.05) is 0 Å². The number of halogens is 1. The van der Waals surface area contributed by atoms with Crippen LogP contribution in [0.25, 0.3) is 0 Å². The first-order valence-corrected chi connectivity index (χ1v) is 6.32. The van der Waals surface area contributed by atoms with Gasteiger partial charge in [-0.05, 0) is 31.4 Å². The highest BCUT2D eigenvalue weighted by molar-refractivity contribution is 9.10. The summed E-state index contributed by atoms with van der Waals surface area (Å²) in [5, 5.41) is 3.61. The van der Waals surface area contributed by atoms with Crippen LogP contribution in [0.3, 0.4) is 0 Å². The molecule has 2 atom stereocenters. The van der Waals surface area contributed by atoms with Crippen molar-refractivity contribution in [1.29, 1.82) is 0 Å². The van der Waals surface area contributed by atoms with Crippen molar-refractivity contribution in [1.82, 2.24) is 5.32 Å². The summed E-state index contributed by atoms with van der Waals surface area (Å²) in [6.45, 7) is 8.92. The van der Waals surface area contributed by atoms with Gasteiger partial charge in [0.05, 0.1) is 0 Å². The van der Waals surface area contributed by atoms with E-state index in [1.165, 1.54) is 10.0 Å². The van der Waals surface area contributed by atoms with Crippen LogP contribution in [0.15, 0.2) is 28.7 Å². The van der Waals surface area contributed by atoms with E-state index in [9.17, 15) is 0 Å². The van der Waals surface area contributed by atoms with Crippen molar-refractivity contribution < 1.29 is 0 Å². The summed E-state index contributed by atoms with van der Waals surface area (Å²) in [5.41, 5.74) is 1.32. The molecule has 1 nitrogen and oxygen atoms in total. The van der Waals surface area contributed by atoms with Gasteiger partial charge in [-0.25, -0.2) is 0 Å². The Balaban J connectivity index is 2.69. The number of hydrogen-bond acceptors (Lipinski definition) is 1. The fraction of sp³-hybridized carbons (Fsp3) is 0.538. The molecule has 84 valence electrons. The molecular weight excluding hydrogens is 250 g/mol. The third-order valence-electron chi connectivity index (χ3n) is 2.88. The maximum Gasteiger partial charge on any atom is 0.0305 e. The monoisotopic (exact) mass is 269 g/mol. The Labute approximate surface area is 101 Å². The van der Waals surface area contributed by atoms with Crippen LogP contribution < -0.4 is 5.32 Å². The third kappa shape index (κ3) is 3.62. The van der Waals surface area contributed by atoms with E-state index in [-0.39, 0.29) is 0 Å². The van der Waals surface area contributed by atoms with E-state index in [0.717, 1.165) is 0 Å². The van der Waals surface area contributed by atoms with Gasteiger partial charge in [-0.15, -0.1) is 0 Å². The summed E-state index contributed by atoms with van der Waals surface area (Å²) in [4.78, 5) is 0. The molecule has 0 bridgehead atoms. The van der Waals surface area contributed by atoms with Gasteiger partial charge in [0.1, 0.15) is 0 Å². The Kier molecular flexibility index (Phi) is 4.81. The Morgan fingerprint density at radius 3 is 2.20 bits per heavy atom. The Bertz CT molecular complexity index is 309. The van der Waals surface area contributed by atoms with E-state index in [1.807, 2.05) is 6.07 Å². The normalized spacial score (nSPS) is 15.3. The molecule has 0 aliphatic heterocycles. The minimum atomic E-state index is 0.387. The largest absolute Gasteiger partial charge is 0.307 e. The van der Waals surface area contributed by atoms with Gasteiger partial charge in [0.2, 0.25) is 0 Å². The summed E-state index contributed by atoms with van der Waals surface area (Å²) < 4.78 is 1.18. The lowest BCUT2D eigenvalue weighted by atomic mass is 10.0. The average molecular weight is 270 g/mol. The van der Waals surface area contributed by atoms with Gasteiger partial charge < -0.3 is 5.32 Å². The summed E-state index contributed by atoms with van der Waals surface area (Å²) >= 11 is 3.58. The molecule has 0 spiro atoms. The molecule has 0 saturated carbocycles. The molecule has 0 aliphatic carbocycles. The van der Waals surface area contributed by atoms with Crippen LogP contribution in [0.4, 0.5) is 0 Å². The predicted molar refractivity (Wildman–Crippen MR) is 70.0 cm³/mol. The summed E-state index contributed by atoms with van der Waals surface area (Å²) in [6.07, 6.45) is 0. The number of hydrogen-bond donors (Lipinski definition) is 1. The van der Waals surface area contributed by atoms with Crippen LogP contribution in [-0.4, -0.2) is 6.04 Å². The van der Waals surface area contributed by atoms with Gasteiger partial charge in [0, 0.05) is 16.6 Å². The molecule has 0 aliphatic rings. The summed E-state index contributed by atoms with van der Waals surface area (Å²) in [6, 6.07) is 9.30. The highest BCUT2D eigenvalue weighted by atomic mass is 79.9. The fourth-order valence-corrected chi connectivity index (χ4v) is 2.13.